The zero-order chi connectivity index (χ0) is 21.0. The van der Waals surface area contributed by atoms with Crippen molar-refractivity contribution in [2.45, 2.75) is 19.6 Å². The van der Waals surface area contributed by atoms with Gasteiger partial charge in [0.15, 0.2) is 11.5 Å². The summed E-state index contributed by atoms with van der Waals surface area (Å²) in [7, 11) is -2.15. The zero-order valence-corrected chi connectivity index (χ0v) is 17.4. The number of benzene rings is 2. The van der Waals surface area contributed by atoms with E-state index >= 15 is 0 Å². The SMILES string of the molecule is COCc1cccc(NC(=O)C(C)N(c2ccc3c(c2)OCCO3)S(C)(=O)=O)c1. The van der Waals surface area contributed by atoms with Crippen molar-refractivity contribution in [1.29, 1.82) is 0 Å². The van der Waals surface area contributed by atoms with Crippen LogP contribution in [-0.4, -0.2) is 46.9 Å². The van der Waals surface area contributed by atoms with E-state index in [4.69, 9.17) is 14.2 Å². The van der Waals surface area contributed by atoms with E-state index in [1.165, 1.54) is 6.92 Å². The summed E-state index contributed by atoms with van der Waals surface area (Å²) in [6.45, 7) is 2.75. The quantitative estimate of drug-likeness (QED) is 0.739. The first-order valence-electron chi connectivity index (χ1n) is 9.07. The van der Waals surface area contributed by atoms with Crippen molar-refractivity contribution in [3.8, 4) is 11.5 Å². The van der Waals surface area contributed by atoms with Crippen LogP contribution < -0.4 is 19.1 Å². The lowest BCUT2D eigenvalue weighted by atomic mass is 10.2. The molecule has 1 heterocycles. The molecule has 1 atom stereocenters. The first kappa shape index (κ1) is 20.9. The van der Waals surface area contributed by atoms with Gasteiger partial charge >= 0.3 is 0 Å². The fourth-order valence-electron chi connectivity index (χ4n) is 3.13. The molecular formula is C20H24N2O6S. The Kier molecular flexibility index (Phi) is 6.29. The highest BCUT2D eigenvalue weighted by Crippen LogP contribution is 2.35. The average molecular weight is 420 g/mol. The van der Waals surface area contributed by atoms with Crippen LogP contribution in [0.4, 0.5) is 11.4 Å². The van der Waals surface area contributed by atoms with E-state index in [2.05, 4.69) is 5.32 Å². The van der Waals surface area contributed by atoms with E-state index in [0.29, 0.717) is 42.7 Å². The lowest BCUT2D eigenvalue weighted by Gasteiger charge is -2.29. The van der Waals surface area contributed by atoms with Crippen LogP contribution in [0.3, 0.4) is 0 Å². The van der Waals surface area contributed by atoms with E-state index in [-0.39, 0.29) is 0 Å². The van der Waals surface area contributed by atoms with Crippen molar-refractivity contribution in [2.75, 3.05) is 36.2 Å². The highest BCUT2D eigenvalue weighted by molar-refractivity contribution is 7.92. The molecule has 1 N–H and O–H groups in total. The van der Waals surface area contributed by atoms with Crippen LogP contribution in [0.2, 0.25) is 0 Å². The lowest BCUT2D eigenvalue weighted by molar-refractivity contribution is -0.116. The number of nitrogens with zero attached hydrogens (tertiary/aromatic N) is 1. The maximum Gasteiger partial charge on any atom is 0.247 e. The van der Waals surface area contributed by atoms with Gasteiger partial charge in [0.25, 0.3) is 0 Å². The highest BCUT2D eigenvalue weighted by Gasteiger charge is 2.30. The van der Waals surface area contributed by atoms with Crippen molar-refractivity contribution in [2.24, 2.45) is 0 Å². The summed E-state index contributed by atoms with van der Waals surface area (Å²) >= 11 is 0. The number of methoxy groups -OCH3 is 1. The third-order valence-electron chi connectivity index (χ3n) is 4.37. The Morgan fingerprint density at radius 2 is 1.90 bits per heavy atom. The van der Waals surface area contributed by atoms with Crippen molar-refractivity contribution < 1.29 is 27.4 Å². The minimum absolute atomic E-state index is 0.326. The molecular weight excluding hydrogens is 396 g/mol. The molecule has 0 aromatic heterocycles. The van der Waals surface area contributed by atoms with Gasteiger partial charge in [-0.05, 0) is 36.8 Å². The second-order valence-corrected chi connectivity index (χ2v) is 8.54. The van der Waals surface area contributed by atoms with Gasteiger partial charge in [-0.25, -0.2) is 8.42 Å². The molecule has 0 saturated heterocycles. The van der Waals surface area contributed by atoms with Gasteiger partial charge in [0.2, 0.25) is 15.9 Å². The number of carbonyl (C=O) groups excluding carboxylic acids is 1. The van der Waals surface area contributed by atoms with E-state index in [9.17, 15) is 13.2 Å². The van der Waals surface area contributed by atoms with Crippen LogP contribution in [0.5, 0.6) is 11.5 Å². The largest absolute Gasteiger partial charge is 0.486 e. The minimum atomic E-state index is -3.74. The standard InChI is InChI=1S/C20H24N2O6S/c1-14(20(23)21-16-6-4-5-15(11-16)13-26-2)22(29(3,24)25)17-7-8-18-19(12-17)28-10-9-27-18/h4-8,11-12,14H,9-10,13H2,1-3H3,(H,21,23). The van der Waals surface area contributed by atoms with Gasteiger partial charge in [0.05, 0.1) is 18.6 Å². The fourth-order valence-corrected chi connectivity index (χ4v) is 4.30. The molecule has 1 aliphatic heterocycles. The van der Waals surface area contributed by atoms with Gasteiger partial charge in [-0.15, -0.1) is 0 Å². The van der Waals surface area contributed by atoms with Crippen LogP contribution in [0, 0.1) is 0 Å². The second-order valence-electron chi connectivity index (χ2n) is 6.69. The number of fused-ring (bicyclic) bond motifs is 1. The number of sulfonamides is 1. The molecule has 2 aromatic carbocycles. The summed E-state index contributed by atoms with van der Waals surface area (Å²) in [5.41, 5.74) is 1.78. The maximum atomic E-state index is 12.8. The monoisotopic (exact) mass is 420 g/mol. The molecule has 3 rings (SSSR count). The van der Waals surface area contributed by atoms with Gasteiger partial charge in [0.1, 0.15) is 19.3 Å². The number of amides is 1. The smallest absolute Gasteiger partial charge is 0.247 e. The predicted molar refractivity (Wildman–Crippen MR) is 110 cm³/mol. The lowest BCUT2D eigenvalue weighted by Crippen LogP contribution is -2.45. The van der Waals surface area contributed by atoms with Crippen LogP contribution in [-0.2, 0) is 26.2 Å². The van der Waals surface area contributed by atoms with E-state index in [1.54, 1.807) is 43.5 Å². The van der Waals surface area contributed by atoms with Crippen molar-refractivity contribution in [3.63, 3.8) is 0 Å². The molecule has 2 aromatic rings. The second kappa shape index (κ2) is 8.71. The number of hydrogen-bond donors (Lipinski definition) is 1. The molecule has 1 unspecified atom stereocenters. The first-order valence-corrected chi connectivity index (χ1v) is 10.9. The van der Waals surface area contributed by atoms with Gasteiger partial charge in [0, 0.05) is 18.9 Å². The first-order chi connectivity index (χ1) is 13.8. The molecule has 1 amide bonds. The number of rotatable bonds is 7. The summed E-state index contributed by atoms with van der Waals surface area (Å²) in [6.07, 6.45) is 1.06. The van der Waals surface area contributed by atoms with Gasteiger partial charge in [-0.2, -0.15) is 0 Å². The Labute approximate surface area is 170 Å². The zero-order valence-electron chi connectivity index (χ0n) is 16.5. The van der Waals surface area contributed by atoms with E-state index < -0.39 is 22.0 Å². The number of carbonyl (C=O) groups is 1. The average Bonchev–Trinajstić information content (AvgIpc) is 2.67. The number of nitrogens with one attached hydrogen (secondary N) is 1. The predicted octanol–water partition coefficient (Wildman–Crippen LogP) is 2.40. The van der Waals surface area contributed by atoms with Crippen molar-refractivity contribution >= 4 is 27.3 Å². The molecule has 29 heavy (non-hydrogen) atoms. The number of anilines is 2. The minimum Gasteiger partial charge on any atom is -0.486 e. The molecule has 8 nitrogen and oxygen atoms in total. The van der Waals surface area contributed by atoms with Crippen molar-refractivity contribution in [1.82, 2.24) is 0 Å². The Morgan fingerprint density at radius 1 is 1.17 bits per heavy atom. The molecule has 156 valence electrons. The molecule has 9 heteroatoms. The molecule has 0 saturated carbocycles. The Balaban J connectivity index is 1.85. The summed E-state index contributed by atoms with van der Waals surface area (Å²) in [5, 5.41) is 2.77. The van der Waals surface area contributed by atoms with Gasteiger partial charge in [-0.3, -0.25) is 9.10 Å². The Hall–Kier alpha value is -2.78. The summed E-state index contributed by atoms with van der Waals surface area (Å²) in [4.78, 5) is 12.8. The Morgan fingerprint density at radius 3 is 2.59 bits per heavy atom. The normalized spacial score (nSPS) is 14.2. The van der Waals surface area contributed by atoms with Crippen LogP contribution in [0.25, 0.3) is 0 Å². The molecule has 0 fully saturated rings. The third kappa shape index (κ3) is 4.99. The molecule has 0 bridgehead atoms. The third-order valence-corrected chi connectivity index (χ3v) is 5.62. The molecule has 1 aliphatic rings. The summed E-state index contributed by atoms with van der Waals surface area (Å²) < 4.78 is 42.2. The van der Waals surface area contributed by atoms with Crippen molar-refractivity contribution in [3.05, 3.63) is 48.0 Å². The van der Waals surface area contributed by atoms with Gasteiger partial charge < -0.3 is 19.5 Å². The fraction of sp³-hybridized carbons (Fsp3) is 0.350. The number of ether oxygens (including phenoxy) is 3. The molecule has 0 aliphatic carbocycles. The Bertz CT molecular complexity index is 992. The topological polar surface area (TPSA) is 94.2 Å². The van der Waals surface area contributed by atoms with Gasteiger partial charge in [-0.1, -0.05) is 12.1 Å². The van der Waals surface area contributed by atoms with Crippen LogP contribution >= 0.6 is 0 Å². The summed E-state index contributed by atoms with van der Waals surface area (Å²) in [6, 6.07) is 11.0. The summed E-state index contributed by atoms with van der Waals surface area (Å²) in [5.74, 6) is 0.530. The molecule has 0 radical (unpaired) electrons. The maximum absolute atomic E-state index is 12.8. The number of hydrogen-bond acceptors (Lipinski definition) is 6. The van der Waals surface area contributed by atoms with E-state index in [0.717, 1.165) is 16.1 Å². The molecule has 0 spiro atoms. The highest BCUT2D eigenvalue weighted by atomic mass is 32.2. The van der Waals surface area contributed by atoms with E-state index in [1.807, 2.05) is 6.07 Å². The van der Waals surface area contributed by atoms with Crippen LogP contribution in [0.1, 0.15) is 12.5 Å². The van der Waals surface area contributed by atoms with Crippen LogP contribution in [0.15, 0.2) is 42.5 Å².